The average Bonchev–Trinajstić information content (AvgIpc) is 2.32. The number of nitro groups is 1. The molecule has 1 N–H and O–H groups in total. The second kappa shape index (κ2) is 7.65. The normalized spacial score (nSPS) is 10.2. The van der Waals surface area contributed by atoms with E-state index in [4.69, 9.17) is 16.3 Å². The van der Waals surface area contributed by atoms with Gasteiger partial charge >= 0.3 is 5.69 Å². The summed E-state index contributed by atoms with van der Waals surface area (Å²) < 4.78 is 5.28. The minimum Gasteiger partial charge on any atom is -0.379 e. The number of anilines is 1. The zero-order valence-corrected chi connectivity index (χ0v) is 11.3. The van der Waals surface area contributed by atoms with Gasteiger partial charge in [0.15, 0.2) is 0 Å². The zero-order valence-electron chi connectivity index (χ0n) is 10.6. The lowest BCUT2D eigenvalue weighted by atomic mass is 10.3. The highest BCUT2D eigenvalue weighted by Gasteiger charge is 2.21. The Morgan fingerprint density at radius 1 is 1.53 bits per heavy atom. The summed E-state index contributed by atoms with van der Waals surface area (Å²) >= 11 is 5.68. The molecule has 104 valence electrons. The van der Waals surface area contributed by atoms with Crippen molar-refractivity contribution in [3.05, 3.63) is 33.7 Å². The Hall–Kier alpha value is -1.73. The van der Waals surface area contributed by atoms with E-state index < -0.39 is 4.92 Å². The third-order valence-electron chi connectivity index (χ3n) is 2.22. The number of nitrogens with zero attached hydrogens (tertiary/aromatic N) is 3. The topological polar surface area (TPSA) is 90.2 Å². The molecule has 0 bridgehead atoms. The van der Waals surface area contributed by atoms with Crippen LogP contribution < -0.4 is 5.32 Å². The molecule has 0 saturated carbocycles. The van der Waals surface area contributed by atoms with Crippen LogP contribution >= 0.6 is 11.6 Å². The number of aryl methyl sites for hydroxylation is 1. The fraction of sp³-hybridized carbons (Fsp3) is 0.455. The molecule has 1 heterocycles. The first kappa shape index (κ1) is 15.3. The molecule has 0 fully saturated rings. The maximum absolute atomic E-state index is 10.9. The summed E-state index contributed by atoms with van der Waals surface area (Å²) in [6.07, 6.45) is 2.52. The van der Waals surface area contributed by atoms with Gasteiger partial charge in [0.25, 0.3) is 0 Å². The molecule has 0 spiro atoms. The lowest BCUT2D eigenvalue weighted by Gasteiger charge is -2.08. The van der Waals surface area contributed by atoms with Crippen molar-refractivity contribution in [2.45, 2.75) is 13.3 Å². The van der Waals surface area contributed by atoms with Crippen molar-refractivity contribution in [3.8, 4) is 0 Å². The van der Waals surface area contributed by atoms with E-state index in [0.29, 0.717) is 19.8 Å². The van der Waals surface area contributed by atoms with Crippen molar-refractivity contribution in [2.75, 3.05) is 25.1 Å². The Kier molecular flexibility index (Phi) is 6.17. The first-order valence-electron chi connectivity index (χ1n) is 5.67. The van der Waals surface area contributed by atoms with Crippen molar-refractivity contribution in [3.63, 3.8) is 0 Å². The largest absolute Gasteiger partial charge is 0.379 e. The maximum atomic E-state index is 10.9. The van der Waals surface area contributed by atoms with Gasteiger partial charge in [0.1, 0.15) is 5.69 Å². The summed E-state index contributed by atoms with van der Waals surface area (Å²) in [5.41, 5.74) is 0.0515. The Bertz CT molecular complexity index is 467. The minimum atomic E-state index is -0.535. The van der Waals surface area contributed by atoms with E-state index in [9.17, 15) is 10.1 Å². The Labute approximate surface area is 115 Å². The van der Waals surface area contributed by atoms with Gasteiger partial charge in [-0.3, -0.25) is 10.1 Å². The molecule has 0 radical (unpaired) electrons. The van der Waals surface area contributed by atoms with E-state index in [1.54, 1.807) is 6.08 Å². The molecule has 0 aliphatic carbocycles. The Morgan fingerprint density at radius 2 is 2.26 bits per heavy atom. The van der Waals surface area contributed by atoms with Crippen LogP contribution in [-0.4, -0.2) is 34.6 Å². The van der Waals surface area contributed by atoms with Gasteiger partial charge in [0.2, 0.25) is 11.1 Å². The zero-order chi connectivity index (χ0) is 14.3. The van der Waals surface area contributed by atoms with Crippen LogP contribution in [0.4, 0.5) is 11.5 Å². The number of hydrogen-bond donors (Lipinski definition) is 1. The first-order chi connectivity index (χ1) is 9.06. The summed E-state index contributed by atoms with van der Waals surface area (Å²) in [7, 11) is 0. The van der Waals surface area contributed by atoms with Gasteiger partial charge in [-0.25, -0.2) is 4.98 Å². The molecule has 7 nitrogen and oxygen atoms in total. The van der Waals surface area contributed by atoms with Crippen molar-refractivity contribution in [2.24, 2.45) is 0 Å². The van der Waals surface area contributed by atoms with Crippen molar-refractivity contribution in [1.29, 1.82) is 0 Å². The van der Waals surface area contributed by atoms with Gasteiger partial charge in [0.05, 0.1) is 18.1 Å². The van der Waals surface area contributed by atoms with E-state index in [1.807, 2.05) is 0 Å². The van der Waals surface area contributed by atoms with Gasteiger partial charge < -0.3 is 10.1 Å². The van der Waals surface area contributed by atoms with Crippen LogP contribution in [-0.2, 0) is 4.74 Å². The van der Waals surface area contributed by atoms with E-state index in [-0.39, 0.29) is 22.5 Å². The second-order valence-electron chi connectivity index (χ2n) is 3.65. The number of rotatable bonds is 8. The van der Waals surface area contributed by atoms with E-state index in [1.165, 1.54) is 6.92 Å². The SMILES string of the molecule is C=CCCOCCNc1nc(Cl)nc(C)c1[N+](=O)[O-]. The first-order valence-corrected chi connectivity index (χ1v) is 6.05. The second-order valence-corrected chi connectivity index (χ2v) is 3.99. The molecular formula is C11H15ClN4O3. The highest BCUT2D eigenvalue weighted by Crippen LogP contribution is 2.26. The van der Waals surface area contributed by atoms with Crippen molar-refractivity contribution >= 4 is 23.1 Å². The quantitative estimate of drug-likeness (QED) is 0.259. The van der Waals surface area contributed by atoms with Crippen LogP contribution in [0.3, 0.4) is 0 Å². The average molecular weight is 287 g/mol. The molecule has 1 rings (SSSR count). The predicted molar refractivity (Wildman–Crippen MR) is 72.6 cm³/mol. The number of ether oxygens (including phenoxy) is 1. The molecule has 0 saturated heterocycles. The number of hydrogen-bond acceptors (Lipinski definition) is 6. The molecule has 19 heavy (non-hydrogen) atoms. The highest BCUT2D eigenvalue weighted by molar-refractivity contribution is 6.28. The van der Waals surface area contributed by atoms with Gasteiger partial charge in [-0.05, 0) is 24.9 Å². The van der Waals surface area contributed by atoms with E-state index in [0.717, 1.165) is 6.42 Å². The monoisotopic (exact) mass is 286 g/mol. The molecule has 0 aliphatic rings. The van der Waals surface area contributed by atoms with Crippen molar-refractivity contribution < 1.29 is 9.66 Å². The number of halogens is 1. The molecule has 0 atom stereocenters. The smallest absolute Gasteiger partial charge is 0.332 e. The highest BCUT2D eigenvalue weighted by atomic mass is 35.5. The van der Waals surface area contributed by atoms with Crippen LogP contribution in [0.25, 0.3) is 0 Å². The molecule has 0 aromatic carbocycles. The van der Waals surface area contributed by atoms with Crippen LogP contribution in [0, 0.1) is 17.0 Å². The van der Waals surface area contributed by atoms with Gasteiger partial charge in [0, 0.05) is 6.54 Å². The Balaban J connectivity index is 2.62. The third kappa shape index (κ3) is 4.80. The van der Waals surface area contributed by atoms with Gasteiger partial charge in [-0.2, -0.15) is 4.98 Å². The molecular weight excluding hydrogens is 272 g/mol. The predicted octanol–water partition coefficient (Wildman–Crippen LogP) is 2.35. The molecule has 0 unspecified atom stereocenters. The van der Waals surface area contributed by atoms with Crippen LogP contribution in [0.2, 0.25) is 5.28 Å². The number of nitrogens with one attached hydrogen (secondary N) is 1. The lowest BCUT2D eigenvalue weighted by molar-refractivity contribution is -0.385. The summed E-state index contributed by atoms with van der Waals surface area (Å²) in [6, 6.07) is 0. The number of aromatic nitrogens is 2. The fourth-order valence-electron chi connectivity index (χ4n) is 1.39. The fourth-order valence-corrected chi connectivity index (χ4v) is 1.60. The van der Waals surface area contributed by atoms with Gasteiger partial charge in [-0.15, -0.1) is 6.58 Å². The lowest BCUT2D eigenvalue weighted by Crippen LogP contribution is -2.13. The molecule has 0 amide bonds. The summed E-state index contributed by atoms with van der Waals surface area (Å²) in [6.45, 7) is 6.45. The standard InChI is InChI=1S/C11H15ClN4O3/c1-3-4-6-19-7-5-13-10-9(16(17)18)8(2)14-11(12)15-10/h3H,1,4-7H2,2H3,(H,13,14,15). The summed E-state index contributed by atoms with van der Waals surface area (Å²) in [4.78, 5) is 18.0. The maximum Gasteiger partial charge on any atom is 0.332 e. The molecule has 8 heteroatoms. The summed E-state index contributed by atoms with van der Waals surface area (Å²) in [5.74, 6) is 0.106. The third-order valence-corrected chi connectivity index (χ3v) is 2.39. The van der Waals surface area contributed by atoms with Gasteiger partial charge in [-0.1, -0.05) is 6.08 Å². The van der Waals surface area contributed by atoms with E-state index in [2.05, 4.69) is 21.9 Å². The minimum absolute atomic E-state index is 0.0295. The van der Waals surface area contributed by atoms with Crippen LogP contribution in [0.5, 0.6) is 0 Å². The Morgan fingerprint density at radius 3 is 2.89 bits per heavy atom. The molecule has 0 aliphatic heterocycles. The van der Waals surface area contributed by atoms with Crippen molar-refractivity contribution in [1.82, 2.24) is 9.97 Å². The summed E-state index contributed by atoms with van der Waals surface area (Å²) in [5, 5.41) is 13.7. The molecule has 1 aromatic heterocycles. The molecule has 1 aromatic rings. The van der Waals surface area contributed by atoms with Crippen LogP contribution in [0.1, 0.15) is 12.1 Å². The van der Waals surface area contributed by atoms with E-state index >= 15 is 0 Å². The van der Waals surface area contributed by atoms with Crippen LogP contribution in [0.15, 0.2) is 12.7 Å².